The van der Waals surface area contributed by atoms with E-state index in [1.54, 1.807) is 6.20 Å². The lowest BCUT2D eigenvalue weighted by Crippen LogP contribution is -2.19. The second-order valence-electron chi connectivity index (χ2n) is 3.99. The van der Waals surface area contributed by atoms with Crippen LogP contribution in [-0.4, -0.2) is 34.6 Å². The van der Waals surface area contributed by atoms with Crippen molar-refractivity contribution in [2.75, 3.05) is 20.1 Å². The van der Waals surface area contributed by atoms with Crippen LogP contribution in [0.2, 0.25) is 5.28 Å². The number of likely N-dealkylation sites (tertiary alicyclic amines) is 1. The van der Waals surface area contributed by atoms with Crippen LogP contribution in [0.1, 0.15) is 25.3 Å². The van der Waals surface area contributed by atoms with Gasteiger partial charge in [-0.15, -0.1) is 0 Å². The van der Waals surface area contributed by atoms with Gasteiger partial charge in [0.1, 0.15) is 0 Å². The zero-order valence-electron chi connectivity index (χ0n) is 8.49. The maximum atomic E-state index is 6.00. The first kappa shape index (κ1) is 9.99. The Morgan fingerprint density at radius 2 is 2.29 bits per heavy atom. The van der Waals surface area contributed by atoms with E-state index < -0.39 is 0 Å². The minimum atomic E-state index is 0.537. The van der Waals surface area contributed by atoms with Crippen LogP contribution in [0, 0.1) is 0 Å². The summed E-state index contributed by atoms with van der Waals surface area (Å²) in [6, 6.07) is 0.537. The largest absolute Gasteiger partial charge is 0.319 e. The second kappa shape index (κ2) is 4.32. The molecule has 78 valence electrons. The van der Waals surface area contributed by atoms with Crippen LogP contribution in [0.25, 0.3) is 0 Å². The van der Waals surface area contributed by atoms with Crippen molar-refractivity contribution in [3.8, 4) is 0 Å². The molecule has 2 rings (SSSR count). The maximum absolute atomic E-state index is 6.00. The van der Waals surface area contributed by atoms with Gasteiger partial charge in [0.25, 0.3) is 0 Å². The highest BCUT2D eigenvalue weighted by molar-refractivity contribution is 6.28. The van der Waals surface area contributed by atoms with Gasteiger partial charge in [0.2, 0.25) is 5.28 Å². The number of hydrogen-bond acceptors (Lipinski definition) is 2. The number of rotatable bonds is 1. The third-order valence-corrected chi connectivity index (χ3v) is 3.23. The molecular weight excluding hydrogens is 198 g/mol. The van der Waals surface area contributed by atoms with E-state index in [1.165, 1.54) is 25.8 Å². The van der Waals surface area contributed by atoms with E-state index >= 15 is 0 Å². The lowest BCUT2D eigenvalue weighted by molar-refractivity contribution is 0.341. The third kappa shape index (κ3) is 2.10. The van der Waals surface area contributed by atoms with E-state index in [-0.39, 0.29) is 0 Å². The SMILES string of the molecule is CN1CCCC(n2ccnc2Cl)CC1. The Bertz CT molecular complexity index is 297. The fourth-order valence-electron chi connectivity index (χ4n) is 2.07. The minimum absolute atomic E-state index is 0.537. The number of aromatic nitrogens is 2. The molecule has 0 amide bonds. The van der Waals surface area contributed by atoms with E-state index in [4.69, 9.17) is 11.6 Å². The quantitative estimate of drug-likeness (QED) is 0.713. The summed E-state index contributed by atoms with van der Waals surface area (Å²) < 4.78 is 2.10. The van der Waals surface area contributed by atoms with E-state index in [0.29, 0.717) is 11.3 Å². The van der Waals surface area contributed by atoms with Crippen LogP contribution in [0.4, 0.5) is 0 Å². The Labute approximate surface area is 89.7 Å². The van der Waals surface area contributed by atoms with Crippen molar-refractivity contribution in [2.24, 2.45) is 0 Å². The molecule has 1 atom stereocenters. The fourth-order valence-corrected chi connectivity index (χ4v) is 2.32. The Morgan fingerprint density at radius 3 is 3.00 bits per heavy atom. The first-order chi connectivity index (χ1) is 6.77. The molecule has 0 aliphatic carbocycles. The molecule has 1 aliphatic heterocycles. The number of hydrogen-bond donors (Lipinski definition) is 0. The molecule has 0 spiro atoms. The summed E-state index contributed by atoms with van der Waals surface area (Å²) in [6.07, 6.45) is 7.39. The van der Waals surface area contributed by atoms with Gasteiger partial charge in [-0.2, -0.15) is 0 Å². The zero-order chi connectivity index (χ0) is 9.97. The van der Waals surface area contributed by atoms with E-state index in [2.05, 4.69) is 21.5 Å². The molecule has 2 heterocycles. The van der Waals surface area contributed by atoms with Crippen molar-refractivity contribution < 1.29 is 0 Å². The van der Waals surface area contributed by atoms with Crippen molar-refractivity contribution in [3.63, 3.8) is 0 Å². The summed E-state index contributed by atoms with van der Waals surface area (Å²) in [7, 11) is 2.18. The molecule has 1 unspecified atom stereocenters. The van der Waals surface area contributed by atoms with Crippen LogP contribution in [0.5, 0.6) is 0 Å². The smallest absolute Gasteiger partial charge is 0.202 e. The van der Waals surface area contributed by atoms with Crippen molar-refractivity contribution in [3.05, 3.63) is 17.7 Å². The topological polar surface area (TPSA) is 21.1 Å². The first-order valence-electron chi connectivity index (χ1n) is 5.14. The van der Waals surface area contributed by atoms with Gasteiger partial charge in [-0.05, 0) is 51.0 Å². The Morgan fingerprint density at radius 1 is 1.43 bits per heavy atom. The molecule has 3 nitrogen and oxygen atoms in total. The van der Waals surface area contributed by atoms with Crippen LogP contribution >= 0.6 is 11.6 Å². The molecule has 0 N–H and O–H groups in total. The van der Waals surface area contributed by atoms with Gasteiger partial charge in [0.05, 0.1) is 0 Å². The zero-order valence-corrected chi connectivity index (χ0v) is 9.24. The molecule has 4 heteroatoms. The molecule has 1 saturated heterocycles. The van der Waals surface area contributed by atoms with Gasteiger partial charge in [0, 0.05) is 18.4 Å². The Kier molecular flexibility index (Phi) is 3.08. The summed E-state index contributed by atoms with van der Waals surface area (Å²) in [5.41, 5.74) is 0. The number of imidazole rings is 1. The monoisotopic (exact) mass is 213 g/mol. The average molecular weight is 214 g/mol. The van der Waals surface area contributed by atoms with Gasteiger partial charge in [0.15, 0.2) is 0 Å². The molecule has 0 aromatic carbocycles. The standard InChI is InChI=1S/C10H16ClN3/c1-13-6-2-3-9(4-7-13)14-8-5-12-10(14)11/h5,8-9H,2-4,6-7H2,1H3. The highest BCUT2D eigenvalue weighted by atomic mass is 35.5. The van der Waals surface area contributed by atoms with Gasteiger partial charge >= 0.3 is 0 Å². The lowest BCUT2D eigenvalue weighted by atomic mass is 10.1. The van der Waals surface area contributed by atoms with Gasteiger partial charge in [-0.1, -0.05) is 0 Å². The second-order valence-corrected chi connectivity index (χ2v) is 4.33. The summed E-state index contributed by atoms with van der Waals surface area (Å²) in [5.74, 6) is 0. The highest BCUT2D eigenvalue weighted by Gasteiger charge is 2.17. The molecule has 1 aliphatic rings. The van der Waals surface area contributed by atoms with Crippen LogP contribution in [-0.2, 0) is 0 Å². The predicted molar refractivity (Wildman–Crippen MR) is 57.6 cm³/mol. The number of nitrogens with zero attached hydrogens (tertiary/aromatic N) is 3. The fraction of sp³-hybridized carbons (Fsp3) is 0.700. The molecule has 0 radical (unpaired) electrons. The van der Waals surface area contributed by atoms with Crippen molar-refractivity contribution in [1.29, 1.82) is 0 Å². The van der Waals surface area contributed by atoms with E-state index in [1.807, 2.05) is 6.20 Å². The Hall–Kier alpha value is -0.540. The number of halogens is 1. The van der Waals surface area contributed by atoms with Crippen molar-refractivity contribution >= 4 is 11.6 Å². The van der Waals surface area contributed by atoms with Crippen molar-refractivity contribution in [2.45, 2.75) is 25.3 Å². The summed E-state index contributed by atoms with van der Waals surface area (Å²) in [5, 5.41) is 0.625. The molecule has 1 fully saturated rings. The molecule has 1 aromatic rings. The lowest BCUT2D eigenvalue weighted by Gasteiger charge is -2.16. The first-order valence-corrected chi connectivity index (χ1v) is 5.52. The predicted octanol–water partition coefficient (Wildman–Crippen LogP) is 2.19. The third-order valence-electron chi connectivity index (χ3n) is 2.94. The van der Waals surface area contributed by atoms with Crippen LogP contribution in [0.15, 0.2) is 12.4 Å². The van der Waals surface area contributed by atoms with Gasteiger partial charge in [-0.3, -0.25) is 0 Å². The van der Waals surface area contributed by atoms with Crippen LogP contribution < -0.4 is 0 Å². The molecule has 1 aromatic heterocycles. The summed E-state index contributed by atoms with van der Waals surface area (Å²) in [4.78, 5) is 6.44. The molecule has 0 saturated carbocycles. The van der Waals surface area contributed by atoms with E-state index in [9.17, 15) is 0 Å². The minimum Gasteiger partial charge on any atom is -0.319 e. The highest BCUT2D eigenvalue weighted by Crippen LogP contribution is 2.24. The molecular formula is C10H16ClN3. The Balaban J connectivity index is 2.08. The van der Waals surface area contributed by atoms with Gasteiger partial charge < -0.3 is 9.47 Å². The van der Waals surface area contributed by atoms with E-state index in [0.717, 1.165) is 6.54 Å². The molecule has 14 heavy (non-hydrogen) atoms. The van der Waals surface area contributed by atoms with Gasteiger partial charge in [-0.25, -0.2) is 4.98 Å². The summed E-state index contributed by atoms with van der Waals surface area (Å²) in [6.45, 7) is 2.35. The maximum Gasteiger partial charge on any atom is 0.202 e. The normalized spacial score (nSPS) is 24.9. The van der Waals surface area contributed by atoms with Crippen LogP contribution in [0.3, 0.4) is 0 Å². The van der Waals surface area contributed by atoms with Crippen molar-refractivity contribution in [1.82, 2.24) is 14.5 Å². The molecule has 0 bridgehead atoms. The summed E-state index contributed by atoms with van der Waals surface area (Å²) >= 11 is 6.00. The average Bonchev–Trinajstić information content (AvgIpc) is 2.46.